The Bertz CT molecular complexity index is 507. The van der Waals surface area contributed by atoms with Gasteiger partial charge >= 0.3 is 5.97 Å². The van der Waals surface area contributed by atoms with Crippen LogP contribution in [0.3, 0.4) is 0 Å². The maximum absolute atomic E-state index is 12.0. The molecule has 0 radical (unpaired) electrons. The van der Waals surface area contributed by atoms with Gasteiger partial charge in [0.05, 0.1) is 13.0 Å². The van der Waals surface area contributed by atoms with Crippen LogP contribution < -0.4 is 5.32 Å². The molecule has 1 aliphatic rings. The first-order valence-electron chi connectivity index (χ1n) is 6.56. The molecule has 0 aromatic heterocycles. The number of carbonyl (C=O) groups excluding carboxylic acids is 1. The van der Waals surface area contributed by atoms with Gasteiger partial charge in [-0.25, -0.2) is 0 Å². The van der Waals surface area contributed by atoms with Gasteiger partial charge in [-0.05, 0) is 37.6 Å². The van der Waals surface area contributed by atoms with Gasteiger partial charge in [0.1, 0.15) is 0 Å². The largest absolute Gasteiger partial charge is 0.481 e. The fourth-order valence-electron chi connectivity index (χ4n) is 2.49. The van der Waals surface area contributed by atoms with Crippen LogP contribution in [0.4, 0.5) is 5.69 Å². The Kier molecular flexibility index (Phi) is 4.98. The summed E-state index contributed by atoms with van der Waals surface area (Å²) in [7, 11) is 0. The molecule has 108 valence electrons. The Labute approximate surface area is 122 Å². The number of aliphatic carboxylic acids is 1. The first-order valence-corrected chi connectivity index (χ1v) is 6.93. The van der Waals surface area contributed by atoms with Crippen LogP contribution in [-0.4, -0.2) is 41.0 Å². The molecule has 0 bridgehead atoms. The number of likely N-dealkylation sites (tertiary alicyclic amines) is 1. The Hall–Kier alpha value is -1.59. The molecule has 1 saturated heterocycles. The van der Waals surface area contributed by atoms with Gasteiger partial charge in [0.15, 0.2) is 0 Å². The molecular weight excluding hydrogens is 280 g/mol. The number of benzene rings is 1. The highest BCUT2D eigenvalue weighted by Gasteiger charge is 2.27. The molecule has 1 aromatic carbocycles. The zero-order chi connectivity index (χ0) is 14.5. The first-order chi connectivity index (χ1) is 9.54. The van der Waals surface area contributed by atoms with Gasteiger partial charge in [0, 0.05) is 16.8 Å². The Morgan fingerprint density at radius 1 is 1.45 bits per heavy atom. The van der Waals surface area contributed by atoms with Gasteiger partial charge in [0.2, 0.25) is 5.91 Å². The number of anilines is 1. The lowest BCUT2D eigenvalue weighted by Gasteiger charge is -2.22. The highest BCUT2D eigenvalue weighted by Crippen LogP contribution is 2.20. The van der Waals surface area contributed by atoms with E-state index in [1.165, 1.54) is 0 Å². The van der Waals surface area contributed by atoms with E-state index in [1.807, 2.05) is 4.90 Å². The van der Waals surface area contributed by atoms with Gasteiger partial charge in [-0.2, -0.15) is 0 Å². The van der Waals surface area contributed by atoms with Gasteiger partial charge in [-0.3, -0.25) is 14.5 Å². The standard InChI is InChI=1S/C14H17ClN2O3/c15-10-3-1-4-11(7-10)16-13(18)9-17-6-2-5-12(17)8-14(19)20/h1,3-4,7,12H,2,5-6,8-9H2,(H,16,18)(H,19,20). The number of nitrogens with zero attached hydrogens (tertiary/aromatic N) is 1. The normalized spacial score (nSPS) is 18.9. The second kappa shape index (κ2) is 6.72. The number of hydrogen-bond acceptors (Lipinski definition) is 3. The van der Waals surface area contributed by atoms with Gasteiger partial charge in [-0.15, -0.1) is 0 Å². The lowest BCUT2D eigenvalue weighted by atomic mass is 10.1. The van der Waals surface area contributed by atoms with E-state index in [0.29, 0.717) is 10.7 Å². The van der Waals surface area contributed by atoms with Crippen LogP contribution in [0.5, 0.6) is 0 Å². The summed E-state index contributed by atoms with van der Waals surface area (Å²) in [5.41, 5.74) is 0.650. The van der Waals surface area contributed by atoms with E-state index in [1.54, 1.807) is 24.3 Å². The van der Waals surface area contributed by atoms with E-state index in [9.17, 15) is 9.59 Å². The molecule has 2 rings (SSSR count). The van der Waals surface area contributed by atoms with Crippen molar-refractivity contribution in [3.05, 3.63) is 29.3 Å². The third-order valence-electron chi connectivity index (χ3n) is 3.36. The summed E-state index contributed by atoms with van der Waals surface area (Å²) in [5.74, 6) is -0.971. The molecule has 20 heavy (non-hydrogen) atoms. The minimum absolute atomic E-state index is 0.0439. The van der Waals surface area contributed by atoms with Crippen molar-refractivity contribution in [3.8, 4) is 0 Å². The topological polar surface area (TPSA) is 69.6 Å². The summed E-state index contributed by atoms with van der Waals surface area (Å²) in [5, 5.41) is 12.2. The fraction of sp³-hybridized carbons (Fsp3) is 0.429. The molecule has 1 unspecified atom stereocenters. The highest BCUT2D eigenvalue weighted by atomic mass is 35.5. The second-order valence-corrected chi connectivity index (χ2v) is 5.36. The van der Waals surface area contributed by atoms with E-state index < -0.39 is 5.97 Å². The molecule has 5 nitrogen and oxygen atoms in total. The minimum Gasteiger partial charge on any atom is -0.481 e. The average molecular weight is 297 g/mol. The number of hydrogen-bond donors (Lipinski definition) is 2. The van der Waals surface area contributed by atoms with E-state index in [-0.39, 0.29) is 24.9 Å². The SMILES string of the molecule is O=C(O)CC1CCCN1CC(=O)Nc1cccc(Cl)c1. The van der Waals surface area contributed by atoms with Gasteiger partial charge in [0.25, 0.3) is 0 Å². The van der Waals surface area contributed by atoms with Crippen molar-refractivity contribution in [2.75, 3.05) is 18.4 Å². The fourth-order valence-corrected chi connectivity index (χ4v) is 2.68. The lowest BCUT2D eigenvalue weighted by Crippen LogP contribution is -2.37. The van der Waals surface area contributed by atoms with E-state index in [4.69, 9.17) is 16.7 Å². The van der Waals surface area contributed by atoms with Crippen LogP contribution in [0.2, 0.25) is 5.02 Å². The van der Waals surface area contributed by atoms with Crippen molar-refractivity contribution in [3.63, 3.8) is 0 Å². The Morgan fingerprint density at radius 2 is 2.25 bits per heavy atom. The maximum Gasteiger partial charge on any atom is 0.304 e. The summed E-state index contributed by atoms with van der Waals surface area (Å²) in [6, 6.07) is 6.90. The molecule has 0 saturated carbocycles. The summed E-state index contributed by atoms with van der Waals surface area (Å²) >= 11 is 5.85. The molecule has 1 aromatic rings. The number of halogens is 1. The first kappa shape index (κ1) is 14.8. The lowest BCUT2D eigenvalue weighted by molar-refractivity contribution is -0.138. The molecule has 1 atom stereocenters. The monoisotopic (exact) mass is 296 g/mol. The molecule has 1 fully saturated rings. The van der Waals surface area contributed by atoms with Crippen molar-refractivity contribution in [2.45, 2.75) is 25.3 Å². The van der Waals surface area contributed by atoms with Crippen LogP contribution in [0, 0.1) is 0 Å². The van der Waals surface area contributed by atoms with Crippen LogP contribution in [-0.2, 0) is 9.59 Å². The minimum atomic E-state index is -0.822. The zero-order valence-corrected chi connectivity index (χ0v) is 11.8. The zero-order valence-electron chi connectivity index (χ0n) is 11.0. The number of carboxylic acid groups (broad SMARTS) is 1. The Balaban J connectivity index is 1.89. The van der Waals surface area contributed by atoms with Crippen molar-refractivity contribution >= 4 is 29.2 Å². The molecule has 1 amide bonds. The Morgan fingerprint density at radius 3 is 2.95 bits per heavy atom. The summed E-state index contributed by atoms with van der Waals surface area (Å²) in [6.07, 6.45) is 1.85. The number of nitrogens with one attached hydrogen (secondary N) is 1. The molecule has 1 aliphatic heterocycles. The van der Waals surface area contributed by atoms with Gasteiger partial charge in [-0.1, -0.05) is 17.7 Å². The molecule has 6 heteroatoms. The quantitative estimate of drug-likeness (QED) is 0.874. The van der Waals surface area contributed by atoms with Crippen LogP contribution in [0.25, 0.3) is 0 Å². The summed E-state index contributed by atoms with van der Waals surface area (Å²) in [4.78, 5) is 24.7. The predicted molar refractivity (Wildman–Crippen MR) is 76.9 cm³/mol. The third kappa shape index (κ3) is 4.21. The molecule has 0 spiro atoms. The van der Waals surface area contributed by atoms with Crippen molar-refractivity contribution in [2.24, 2.45) is 0 Å². The number of rotatable bonds is 5. The van der Waals surface area contributed by atoms with E-state index in [2.05, 4.69) is 5.32 Å². The number of carbonyl (C=O) groups is 2. The molecule has 0 aliphatic carbocycles. The van der Waals surface area contributed by atoms with Crippen LogP contribution in [0.1, 0.15) is 19.3 Å². The van der Waals surface area contributed by atoms with Crippen molar-refractivity contribution in [1.29, 1.82) is 0 Å². The van der Waals surface area contributed by atoms with Crippen LogP contribution in [0.15, 0.2) is 24.3 Å². The highest BCUT2D eigenvalue weighted by molar-refractivity contribution is 6.30. The van der Waals surface area contributed by atoms with E-state index >= 15 is 0 Å². The van der Waals surface area contributed by atoms with Crippen molar-refractivity contribution in [1.82, 2.24) is 4.90 Å². The molecular formula is C14H17ClN2O3. The third-order valence-corrected chi connectivity index (χ3v) is 3.60. The second-order valence-electron chi connectivity index (χ2n) is 4.92. The number of amides is 1. The van der Waals surface area contributed by atoms with E-state index in [0.717, 1.165) is 19.4 Å². The average Bonchev–Trinajstić information content (AvgIpc) is 2.75. The van der Waals surface area contributed by atoms with Gasteiger partial charge < -0.3 is 10.4 Å². The predicted octanol–water partition coefficient (Wildman–Crippen LogP) is 2.22. The number of carboxylic acids is 1. The van der Waals surface area contributed by atoms with Crippen molar-refractivity contribution < 1.29 is 14.7 Å². The maximum atomic E-state index is 12.0. The summed E-state index contributed by atoms with van der Waals surface area (Å²) < 4.78 is 0. The summed E-state index contributed by atoms with van der Waals surface area (Å²) in [6.45, 7) is 0.978. The molecule has 1 heterocycles. The molecule has 2 N–H and O–H groups in total. The van der Waals surface area contributed by atoms with Crippen LogP contribution >= 0.6 is 11.6 Å². The smallest absolute Gasteiger partial charge is 0.304 e.